The van der Waals surface area contributed by atoms with Gasteiger partial charge < -0.3 is 28.5 Å². The number of carbonyl (C=O) groups is 1. The molecule has 0 aliphatic carbocycles. The molecule has 1 N–H and O–H groups in total. The highest BCUT2D eigenvalue weighted by atomic mass is 28.4. The normalized spacial score (nSPS) is 44.1. The Morgan fingerprint density at radius 3 is 2.29 bits per heavy atom. The third kappa shape index (κ3) is 5.80. The molecule has 0 amide bonds. The van der Waals surface area contributed by atoms with Crippen LogP contribution >= 0.6 is 0 Å². The van der Waals surface area contributed by atoms with Crippen molar-refractivity contribution in [3.8, 4) is 0 Å². The number of ether oxygens (including phenoxy) is 4. The van der Waals surface area contributed by atoms with Crippen LogP contribution in [0.4, 0.5) is 0 Å². The fourth-order valence-electron chi connectivity index (χ4n) is 8.14. The van der Waals surface area contributed by atoms with E-state index in [4.69, 9.17) is 23.4 Å². The summed E-state index contributed by atoms with van der Waals surface area (Å²) in [6, 6.07) is 3.35. The molecule has 2 unspecified atom stereocenters. The number of Topliss-reactive ketones (excluding diaryl/α,β-unsaturated/α-hetero) is 1. The molecule has 4 aliphatic rings. The number of aliphatic hydroxyl groups is 1. The van der Waals surface area contributed by atoms with Crippen LogP contribution in [-0.4, -0.2) is 66.9 Å². The molecule has 0 radical (unpaired) electrons. The van der Waals surface area contributed by atoms with Crippen LogP contribution in [0.2, 0.25) is 18.1 Å². The van der Waals surface area contributed by atoms with Crippen LogP contribution in [0.15, 0.2) is 12.2 Å². The van der Waals surface area contributed by atoms with Crippen molar-refractivity contribution in [2.75, 3.05) is 6.61 Å². The van der Waals surface area contributed by atoms with Crippen LogP contribution in [-0.2, 0) is 28.2 Å². The summed E-state index contributed by atoms with van der Waals surface area (Å²) in [6.07, 6.45) is 8.62. The van der Waals surface area contributed by atoms with Crippen LogP contribution in [0, 0.1) is 17.8 Å². The van der Waals surface area contributed by atoms with E-state index >= 15 is 0 Å². The zero-order valence-electron chi connectivity index (χ0n) is 27.3. The van der Waals surface area contributed by atoms with Gasteiger partial charge in [0.05, 0.1) is 29.5 Å². The van der Waals surface area contributed by atoms with Gasteiger partial charge in [0.15, 0.2) is 19.9 Å². The van der Waals surface area contributed by atoms with Gasteiger partial charge in [-0.05, 0) is 88.6 Å². The molecule has 3 saturated heterocycles. The first kappa shape index (κ1) is 33.3. The van der Waals surface area contributed by atoms with Crippen LogP contribution < -0.4 is 0 Å². The van der Waals surface area contributed by atoms with Gasteiger partial charge in [0, 0.05) is 24.9 Å². The van der Waals surface area contributed by atoms with Crippen LogP contribution in [0.3, 0.4) is 0 Å². The summed E-state index contributed by atoms with van der Waals surface area (Å²) in [5.74, 6) is -2.26. The highest BCUT2D eigenvalue weighted by Gasteiger charge is 2.62. The second-order valence-corrected chi connectivity index (χ2v) is 18.5. The molecule has 0 aromatic heterocycles. The monoisotopic (exact) mass is 594 g/mol. The van der Waals surface area contributed by atoms with Crippen molar-refractivity contribution in [1.82, 2.24) is 0 Å². The molecule has 4 heterocycles. The van der Waals surface area contributed by atoms with Crippen molar-refractivity contribution >= 4 is 14.1 Å². The summed E-state index contributed by atoms with van der Waals surface area (Å²) in [4.78, 5) is 13.5. The van der Waals surface area contributed by atoms with E-state index in [1.165, 1.54) is 0 Å². The van der Waals surface area contributed by atoms with Crippen molar-refractivity contribution in [2.45, 2.75) is 166 Å². The molecule has 0 aromatic rings. The topological polar surface area (TPSA) is 83.5 Å². The van der Waals surface area contributed by atoms with Gasteiger partial charge in [0.2, 0.25) is 0 Å². The Kier molecular flexibility index (Phi) is 10.1. The number of rotatable bonds is 10. The van der Waals surface area contributed by atoms with Crippen LogP contribution in [0.5, 0.6) is 0 Å². The number of ketones is 1. The third-order valence-electron chi connectivity index (χ3n) is 11.6. The summed E-state index contributed by atoms with van der Waals surface area (Å²) in [5.41, 5.74) is -0.967. The van der Waals surface area contributed by atoms with Crippen LogP contribution in [0.1, 0.15) is 107 Å². The quantitative estimate of drug-likeness (QED) is 0.217. The lowest BCUT2D eigenvalue weighted by Gasteiger charge is -2.55. The van der Waals surface area contributed by atoms with Gasteiger partial charge in [-0.25, -0.2) is 0 Å². The van der Waals surface area contributed by atoms with Crippen molar-refractivity contribution < 1.29 is 33.3 Å². The number of aliphatic hydroxyl groups excluding tert-OH is 1. The fraction of sp³-hybridized carbons (Fsp3) is 0.909. The predicted molar refractivity (Wildman–Crippen MR) is 163 cm³/mol. The van der Waals surface area contributed by atoms with Crippen molar-refractivity contribution in [1.29, 1.82) is 0 Å². The standard InChI is InChI=1S/C33H58O7Si/c1-10-26(22-34)29-23(6)21-24(7)32(37-29)19-20-33(39-32)27(35)15-17-30(9,38-33)28-16-18-31(11-2,25(8)36-28)40-41(12-3,13-4)14-5/h19-20,23-26,28-29,34H,10-18,21-22H2,1-9H3/t23-,24+,25-,26-,28+,29-,30-,31+,32?,33?/m0/s1. The summed E-state index contributed by atoms with van der Waals surface area (Å²) < 4.78 is 34.1. The minimum absolute atomic E-state index is 0.0178. The van der Waals surface area contributed by atoms with Crippen LogP contribution in [0.25, 0.3) is 0 Å². The molecule has 0 aromatic carbocycles. The number of hydrogen-bond acceptors (Lipinski definition) is 7. The lowest BCUT2D eigenvalue weighted by atomic mass is 9.78. The van der Waals surface area contributed by atoms with Gasteiger partial charge in [0.25, 0.3) is 5.79 Å². The van der Waals surface area contributed by atoms with E-state index in [0.717, 1.165) is 50.2 Å². The summed E-state index contributed by atoms with van der Waals surface area (Å²) in [6.45, 7) is 19.7. The first-order valence-corrected chi connectivity index (χ1v) is 19.2. The summed E-state index contributed by atoms with van der Waals surface area (Å²) in [5, 5.41) is 10.0. The molecule has 0 saturated carbocycles. The molecule has 4 rings (SSSR count). The number of carbonyl (C=O) groups excluding carboxylic acids is 1. The lowest BCUT2D eigenvalue weighted by Crippen LogP contribution is -2.64. The zero-order valence-corrected chi connectivity index (χ0v) is 28.3. The Morgan fingerprint density at radius 2 is 1.73 bits per heavy atom. The summed E-state index contributed by atoms with van der Waals surface area (Å²) >= 11 is 0. The number of hydrogen-bond donors (Lipinski definition) is 1. The molecule has 10 atom stereocenters. The Balaban J connectivity index is 1.53. The first-order chi connectivity index (χ1) is 19.4. The average Bonchev–Trinajstić information content (AvgIpc) is 3.33. The van der Waals surface area contributed by atoms with E-state index in [-0.39, 0.29) is 54.1 Å². The van der Waals surface area contributed by atoms with E-state index in [1.54, 1.807) is 6.08 Å². The molecule has 236 valence electrons. The van der Waals surface area contributed by atoms with Crippen molar-refractivity contribution in [3.05, 3.63) is 12.2 Å². The largest absolute Gasteiger partial charge is 0.409 e. The van der Waals surface area contributed by atoms with Crippen molar-refractivity contribution in [2.24, 2.45) is 17.8 Å². The van der Waals surface area contributed by atoms with Gasteiger partial charge >= 0.3 is 0 Å². The second kappa shape index (κ2) is 12.4. The van der Waals surface area contributed by atoms with Gasteiger partial charge in [-0.2, -0.15) is 0 Å². The van der Waals surface area contributed by atoms with E-state index in [9.17, 15) is 9.90 Å². The maximum atomic E-state index is 13.5. The molecule has 41 heavy (non-hydrogen) atoms. The minimum Gasteiger partial charge on any atom is -0.409 e. The van der Waals surface area contributed by atoms with E-state index in [0.29, 0.717) is 12.8 Å². The van der Waals surface area contributed by atoms with Gasteiger partial charge in [-0.3, -0.25) is 4.79 Å². The Bertz CT molecular complexity index is 942. The fourth-order valence-corrected chi connectivity index (χ4v) is 11.4. The van der Waals surface area contributed by atoms with Crippen molar-refractivity contribution in [3.63, 3.8) is 0 Å². The molecule has 0 bridgehead atoms. The SMILES string of the molecule is CC[C@@H](CO)[C@H]1OC2(C=CC3(O2)O[C@](C)([C@H]2CC[C@@](CC)(O[Si](CC)(CC)CC)[C@H](C)O2)CCC3=O)[C@H](C)C[C@@H]1C. The molecule has 2 spiro atoms. The third-order valence-corrected chi connectivity index (χ3v) is 16.3. The second-order valence-electron chi connectivity index (χ2n) is 13.8. The molecule has 3 fully saturated rings. The molecular weight excluding hydrogens is 536 g/mol. The van der Waals surface area contributed by atoms with E-state index in [2.05, 4.69) is 62.3 Å². The molecule has 7 nitrogen and oxygen atoms in total. The summed E-state index contributed by atoms with van der Waals surface area (Å²) in [7, 11) is -1.82. The maximum Gasteiger partial charge on any atom is 0.252 e. The Morgan fingerprint density at radius 1 is 1.05 bits per heavy atom. The first-order valence-electron chi connectivity index (χ1n) is 16.6. The smallest absolute Gasteiger partial charge is 0.252 e. The Labute approximate surface area is 250 Å². The molecular formula is C33H58O7Si. The predicted octanol–water partition coefficient (Wildman–Crippen LogP) is 6.92. The Hall–Kier alpha value is -0.613. The van der Waals surface area contributed by atoms with E-state index in [1.807, 2.05) is 6.08 Å². The highest BCUT2D eigenvalue weighted by molar-refractivity contribution is 6.73. The molecule has 4 aliphatic heterocycles. The van der Waals surface area contributed by atoms with E-state index < -0.39 is 25.5 Å². The van der Waals surface area contributed by atoms with Gasteiger partial charge in [-0.1, -0.05) is 48.5 Å². The molecule has 8 heteroatoms. The highest BCUT2D eigenvalue weighted by Crippen LogP contribution is 2.52. The van der Waals surface area contributed by atoms with Gasteiger partial charge in [0.1, 0.15) is 0 Å². The lowest BCUT2D eigenvalue weighted by molar-refractivity contribution is -0.375. The zero-order chi connectivity index (χ0) is 30.3. The minimum atomic E-state index is -1.82. The van der Waals surface area contributed by atoms with Gasteiger partial charge in [-0.15, -0.1) is 0 Å². The average molecular weight is 595 g/mol. The maximum absolute atomic E-state index is 13.5.